The Bertz CT molecular complexity index is 391. The van der Waals surface area contributed by atoms with Gasteiger partial charge in [-0.3, -0.25) is 0 Å². The third kappa shape index (κ3) is 3.28. The Hall–Kier alpha value is -0.420. The van der Waals surface area contributed by atoms with Gasteiger partial charge in [0.05, 0.1) is 0 Å². The van der Waals surface area contributed by atoms with E-state index < -0.39 is 0 Å². The molecule has 0 radical (unpaired) electrons. The van der Waals surface area contributed by atoms with Crippen LogP contribution in [-0.2, 0) is 6.54 Å². The molecule has 0 atom stereocenters. The highest BCUT2D eigenvalue weighted by molar-refractivity contribution is 7.26. The average Bonchev–Trinajstić information content (AvgIpc) is 2.83. The van der Waals surface area contributed by atoms with Crippen LogP contribution in [0.3, 0.4) is 0 Å². The predicted molar refractivity (Wildman–Crippen MR) is 74.6 cm³/mol. The van der Waals surface area contributed by atoms with Crippen molar-refractivity contribution in [2.75, 3.05) is 19.6 Å². The maximum absolute atomic E-state index is 3.49. The normalized spacial score (nSPS) is 11.3. The monoisotopic (exact) mass is 254 g/mol. The van der Waals surface area contributed by atoms with Crippen molar-refractivity contribution in [3.8, 4) is 0 Å². The molecule has 88 valence electrons. The SMILES string of the molecule is CCNCCCNCc1cc2sccc2s1. The molecule has 2 aromatic rings. The van der Waals surface area contributed by atoms with Crippen molar-refractivity contribution in [1.82, 2.24) is 10.6 Å². The quantitative estimate of drug-likeness (QED) is 0.742. The Balaban J connectivity index is 1.68. The van der Waals surface area contributed by atoms with E-state index in [4.69, 9.17) is 0 Å². The molecule has 0 aromatic carbocycles. The Morgan fingerprint density at radius 1 is 1.19 bits per heavy atom. The van der Waals surface area contributed by atoms with Gasteiger partial charge in [-0.15, -0.1) is 22.7 Å². The number of rotatable bonds is 7. The van der Waals surface area contributed by atoms with Gasteiger partial charge in [-0.05, 0) is 43.6 Å². The lowest BCUT2D eigenvalue weighted by atomic mass is 10.4. The summed E-state index contributed by atoms with van der Waals surface area (Å²) in [6, 6.07) is 4.52. The van der Waals surface area contributed by atoms with Crippen molar-refractivity contribution in [2.45, 2.75) is 19.9 Å². The maximum atomic E-state index is 3.49. The average molecular weight is 254 g/mol. The minimum absolute atomic E-state index is 1.01. The number of nitrogens with one attached hydrogen (secondary N) is 2. The van der Waals surface area contributed by atoms with Crippen LogP contribution in [0, 0.1) is 0 Å². The van der Waals surface area contributed by atoms with Crippen molar-refractivity contribution in [1.29, 1.82) is 0 Å². The van der Waals surface area contributed by atoms with Crippen LogP contribution in [0.4, 0.5) is 0 Å². The van der Waals surface area contributed by atoms with Crippen LogP contribution >= 0.6 is 22.7 Å². The number of fused-ring (bicyclic) bond motifs is 1. The first-order valence-corrected chi connectivity index (χ1v) is 7.47. The van der Waals surface area contributed by atoms with Crippen LogP contribution in [0.15, 0.2) is 17.5 Å². The summed E-state index contributed by atoms with van der Waals surface area (Å²) in [7, 11) is 0. The number of hydrogen-bond donors (Lipinski definition) is 2. The molecule has 16 heavy (non-hydrogen) atoms. The Morgan fingerprint density at radius 3 is 2.88 bits per heavy atom. The van der Waals surface area contributed by atoms with Crippen LogP contribution in [0.25, 0.3) is 9.40 Å². The van der Waals surface area contributed by atoms with Crippen molar-refractivity contribution in [3.05, 3.63) is 22.4 Å². The van der Waals surface area contributed by atoms with E-state index in [9.17, 15) is 0 Å². The molecule has 0 unspecified atom stereocenters. The lowest BCUT2D eigenvalue weighted by molar-refractivity contribution is 0.609. The molecule has 0 bridgehead atoms. The summed E-state index contributed by atoms with van der Waals surface area (Å²) in [5.41, 5.74) is 0. The fourth-order valence-corrected chi connectivity index (χ4v) is 3.73. The van der Waals surface area contributed by atoms with Crippen LogP contribution in [-0.4, -0.2) is 19.6 Å². The van der Waals surface area contributed by atoms with Gasteiger partial charge in [0.2, 0.25) is 0 Å². The first-order chi connectivity index (χ1) is 7.90. The summed E-state index contributed by atoms with van der Waals surface area (Å²) in [5.74, 6) is 0. The molecule has 0 spiro atoms. The molecule has 2 nitrogen and oxygen atoms in total. The largest absolute Gasteiger partial charge is 0.317 e. The highest BCUT2D eigenvalue weighted by Crippen LogP contribution is 2.29. The van der Waals surface area contributed by atoms with E-state index in [2.05, 4.69) is 35.1 Å². The topological polar surface area (TPSA) is 24.1 Å². The highest BCUT2D eigenvalue weighted by atomic mass is 32.1. The van der Waals surface area contributed by atoms with Crippen LogP contribution < -0.4 is 10.6 Å². The fourth-order valence-electron chi connectivity index (χ4n) is 1.63. The zero-order valence-corrected chi connectivity index (χ0v) is 11.2. The summed E-state index contributed by atoms with van der Waals surface area (Å²) in [5, 5.41) is 8.98. The minimum atomic E-state index is 1.01. The van der Waals surface area contributed by atoms with Gasteiger partial charge in [-0.2, -0.15) is 0 Å². The van der Waals surface area contributed by atoms with E-state index in [-0.39, 0.29) is 0 Å². The van der Waals surface area contributed by atoms with Gasteiger partial charge in [0.25, 0.3) is 0 Å². The van der Waals surface area contributed by atoms with Crippen molar-refractivity contribution >= 4 is 32.1 Å². The van der Waals surface area contributed by atoms with E-state index in [0.717, 1.165) is 26.2 Å². The second-order valence-corrected chi connectivity index (χ2v) is 5.86. The third-order valence-electron chi connectivity index (χ3n) is 2.45. The molecule has 0 saturated carbocycles. The van der Waals surface area contributed by atoms with Gasteiger partial charge in [-0.1, -0.05) is 6.92 Å². The van der Waals surface area contributed by atoms with Crippen LogP contribution in [0.2, 0.25) is 0 Å². The molecule has 4 heteroatoms. The Morgan fingerprint density at radius 2 is 2.06 bits per heavy atom. The molecule has 2 heterocycles. The van der Waals surface area contributed by atoms with Gasteiger partial charge in [0.1, 0.15) is 0 Å². The molecular formula is C12H18N2S2. The van der Waals surface area contributed by atoms with E-state index in [1.54, 1.807) is 0 Å². The summed E-state index contributed by atoms with van der Waals surface area (Å²) in [4.78, 5) is 1.45. The summed E-state index contributed by atoms with van der Waals surface area (Å²) >= 11 is 3.74. The molecule has 0 aliphatic heterocycles. The molecule has 0 fully saturated rings. The zero-order valence-electron chi connectivity index (χ0n) is 9.58. The van der Waals surface area contributed by atoms with Gasteiger partial charge in [0, 0.05) is 20.8 Å². The smallest absolute Gasteiger partial charge is 0.0453 e. The van der Waals surface area contributed by atoms with Crippen LogP contribution in [0.1, 0.15) is 18.2 Å². The minimum Gasteiger partial charge on any atom is -0.317 e. The van der Waals surface area contributed by atoms with E-state index >= 15 is 0 Å². The summed E-state index contributed by atoms with van der Waals surface area (Å²) in [6.07, 6.45) is 1.20. The standard InChI is InChI=1S/C12H18N2S2/c1-2-13-5-3-6-14-9-10-8-12-11(16-10)4-7-15-12/h4,7-8,13-14H,2-3,5-6,9H2,1H3. The molecule has 2 N–H and O–H groups in total. The van der Waals surface area contributed by atoms with Crippen molar-refractivity contribution in [3.63, 3.8) is 0 Å². The van der Waals surface area contributed by atoms with Gasteiger partial charge < -0.3 is 10.6 Å². The number of hydrogen-bond acceptors (Lipinski definition) is 4. The Labute approximate surface area is 105 Å². The predicted octanol–water partition coefficient (Wildman–Crippen LogP) is 3.05. The number of thiophene rings is 2. The van der Waals surface area contributed by atoms with Gasteiger partial charge in [-0.25, -0.2) is 0 Å². The summed E-state index contributed by atoms with van der Waals surface area (Å²) < 4.78 is 2.85. The van der Waals surface area contributed by atoms with Crippen molar-refractivity contribution in [2.24, 2.45) is 0 Å². The second kappa shape index (κ2) is 6.35. The van der Waals surface area contributed by atoms with E-state index in [0.29, 0.717) is 0 Å². The lowest BCUT2D eigenvalue weighted by Crippen LogP contribution is -2.21. The highest BCUT2D eigenvalue weighted by Gasteiger charge is 2.01. The van der Waals surface area contributed by atoms with E-state index in [1.165, 1.54) is 20.7 Å². The molecule has 0 aliphatic rings. The van der Waals surface area contributed by atoms with Crippen molar-refractivity contribution < 1.29 is 0 Å². The molecule has 0 amide bonds. The Kier molecular flexibility index (Phi) is 4.78. The van der Waals surface area contributed by atoms with Crippen LogP contribution in [0.5, 0.6) is 0 Å². The lowest BCUT2D eigenvalue weighted by Gasteiger charge is -2.03. The molecular weight excluding hydrogens is 236 g/mol. The molecule has 2 rings (SSSR count). The molecule has 0 saturated heterocycles. The summed E-state index contributed by atoms with van der Waals surface area (Å²) in [6.45, 7) is 6.44. The fraction of sp³-hybridized carbons (Fsp3) is 0.500. The first-order valence-electron chi connectivity index (χ1n) is 5.77. The molecule has 0 aliphatic carbocycles. The van der Waals surface area contributed by atoms with E-state index in [1.807, 2.05) is 22.7 Å². The first kappa shape index (κ1) is 12.0. The van der Waals surface area contributed by atoms with Gasteiger partial charge in [0.15, 0.2) is 0 Å². The zero-order chi connectivity index (χ0) is 11.2. The molecule has 2 aromatic heterocycles. The van der Waals surface area contributed by atoms with Gasteiger partial charge >= 0.3 is 0 Å². The maximum Gasteiger partial charge on any atom is 0.0453 e. The third-order valence-corrected chi connectivity index (χ3v) is 4.54. The second-order valence-electron chi connectivity index (χ2n) is 3.75.